The van der Waals surface area contributed by atoms with Gasteiger partial charge in [-0.15, -0.1) is 13.2 Å². The summed E-state index contributed by atoms with van der Waals surface area (Å²) in [6.45, 7) is 15.4. The number of ether oxygens (including phenoxy) is 2. The zero-order valence-electron chi connectivity index (χ0n) is 23.1. The highest BCUT2D eigenvalue weighted by molar-refractivity contribution is 5.98. The molecule has 0 aromatic heterocycles. The highest BCUT2D eigenvalue weighted by Gasteiger charge is 2.30. The van der Waals surface area contributed by atoms with Gasteiger partial charge in [0.2, 0.25) is 11.8 Å². The molecule has 0 radical (unpaired) electrons. The first kappa shape index (κ1) is 28.6. The van der Waals surface area contributed by atoms with Crippen molar-refractivity contribution in [1.29, 1.82) is 0 Å². The Morgan fingerprint density at radius 2 is 1.34 bits per heavy atom. The van der Waals surface area contributed by atoms with Gasteiger partial charge < -0.3 is 9.47 Å². The second-order valence-electron chi connectivity index (χ2n) is 9.77. The predicted molar refractivity (Wildman–Crippen MR) is 162 cm³/mol. The van der Waals surface area contributed by atoms with Crippen molar-refractivity contribution in [2.24, 2.45) is 21.8 Å². The fraction of sp³-hybridized carbons (Fsp3) is 0.294. The van der Waals surface area contributed by atoms with E-state index in [1.165, 1.54) is 6.42 Å². The summed E-state index contributed by atoms with van der Waals surface area (Å²) < 4.78 is 12.0. The van der Waals surface area contributed by atoms with Crippen LogP contribution in [0.3, 0.4) is 0 Å². The molecule has 0 heterocycles. The highest BCUT2D eigenvalue weighted by Crippen LogP contribution is 2.39. The van der Waals surface area contributed by atoms with Crippen molar-refractivity contribution >= 4 is 23.2 Å². The average molecular weight is 509 g/mol. The number of aliphatic imine (C=N–C) groups is 2. The zero-order valence-corrected chi connectivity index (χ0v) is 23.1. The molecule has 2 aromatic rings. The van der Waals surface area contributed by atoms with E-state index in [4.69, 9.17) is 19.5 Å². The van der Waals surface area contributed by atoms with E-state index in [1.807, 2.05) is 113 Å². The molecule has 4 nitrogen and oxygen atoms in total. The minimum atomic E-state index is 0.0361. The first-order chi connectivity index (χ1) is 18.4. The maximum absolute atomic E-state index is 6.00. The lowest BCUT2D eigenvalue weighted by molar-refractivity contribution is 0.229. The molecule has 2 atom stereocenters. The Kier molecular flexibility index (Phi) is 11.1. The van der Waals surface area contributed by atoms with E-state index in [2.05, 4.69) is 25.3 Å². The number of benzene rings is 2. The zero-order chi connectivity index (χ0) is 27.3. The molecule has 0 saturated heterocycles. The van der Waals surface area contributed by atoms with Crippen LogP contribution in [0.2, 0.25) is 0 Å². The van der Waals surface area contributed by atoms with Gasteiger partial charge in [0, 0.05) is 11.1 Å². The first-order valence-electron chi connectivity index (χ1n) is 13.3. The molecule has 198 valence electrons. The van der Waals surface area contributed by atoms with Gasteiger partial charge in [-0.1, -0.05) is 54.7 Å². The molecule has 2 unspecified atom stereocenters. The van der Waals surface area contributed by atoms with Crippen molar-refractivity contribution in [3.63, 3.8) is 0 Å². The van der Waals surface area contributed by atoms with Crippen LogP contribution in [0.25, 0.3) is 0 Å². The van der Waals surface area contributed by atoms with Crippen LogP contribution >= 0.6 is 0 Å². The van der Waals surface area contributed by atoms with Crippen LogP contribution in [0, 0.1) is 11.8 Å². The van der Waals surface area contributed by atoms with Gasteiger partial charge in [-0.3, -0.25) is 0 Å². The Bertz CT molecular complexity index is 1190. The maximum Gasteiger partial charge on any atom is 0.221 e. The van der Waals surface area contributed by atoms with Gasteiger partial charge in [-0.25, -0.2) is 9.98 Å². The molecule has 4 rings (SSSR count). The van der Waals surface area contributed by atoms with Crippen LogP contribution in [0.1, 0.15) is 46.1 Å². The Morgan fingerprint density at radius 1 is 0.789 bits per heavy atom. The monoisotopic (exact) mass is 508 g/mol. The van der Waals surface area contributed by atoms with Crippen LogP contribution in [-0.2, 0) is 9.47 Å². The van der Waals surface area contributed by atoms with Crippen molar-refractivity contribution in [1.82, 2.24) is 0 Å². The summed E-state index contributed by atoms with van der Waals surface area (Å²) in [7, 11) is 0. The lowest BCUT2D eigenvalue weighted by Gasteiger charge is -2.14. The quantitative estimate of drug-likeness (QED) is 0.203. The van der Waals surface area contributed by atoms with Gasteiger partial charge in [-0.2, -0.15) is 0 Å². The van der Waals surface area contributed by atoms with Crippen molar-refractivity contribution in [3.05, 3.63) is 121 Å². The summed E-state index contributed by atoms with van der Waals surface area (Å²) >= 11 is 0. The SMILES string of the molecule is C=CC1CC1C=C.CC(C)OC(=Nc1ccc(N=C(OC(C)C)c2ccccc2)cc1)C1=CCC=CC=C1. The third kappa shape index (κ3) is 9.51. The fourth-order valence-electron chi connectivity index (χ4n) is 3.70. The third-order valence-electron chi connectivity index (χ3n) is 5.77. The van der Waals surface area contributed by atoms with Crippen LogP contribution in [-0.4, -0.2) is 24.0 Å². The van der Waals surface area contributed by atoms with Crippen LogP contribution in [0.5, 0.6) is 0 Å². The maximum atomic E-state index is 6.00. The van der Waals surface area contributed by atoms with Gasteiger partial charge in [0.15, 0.2) is 0 Å². The molecule has 1 fully saturated rings. The molecular formula is C34H40N2O2. The molecule has 2 aliphatic rings. The Labute approximate surface area is 228 Å². The van der Waals surface area contributed by atoms with Crippen molar-refractivity contribution in [3.8, 4) is 0 Å². The van der Waals surface area contributed by atoms with Crippen molar-refractivity contribution in [2.75, 3.05) is 0 Å². The molecule has 4 heteroatoms. The average Bonchev–Trinajstić information content (AvgIpc) is 3.73. The van der Waals surface area contributed by atoms with Crippen molar-refractivity contribution in [2.45, 2.75) is 52.7 Å². The third-order valence-corrected chi connectivity index (χ3v) is 5.77. The number of hydrogen-bond donors (Lipinski definition) is 0. The van der Waals surface area contributed by atoms with Gasteiger partial charge in [-0.05, 0) is 94.8 Å². The van der Waals surface area contributed by atoms with Crippen molar-refractivity contribution < 1.29 is 9.47 Å². The summed E-state index contributed by atoms with van der Waals surface area (Å²) in [5, 5.41) is 0. The standard InChI is InChI=1S/C27H30N2O2.C7H10/c1-20(2)30-26(22-12-8-5-6-9-13-22)28-24-16-18-25(19-17-24)29-27(31-21(3)4)23-14-10-7-11-15-23;1-3-6-5-7(6)4-2/h5-8,10-21H,9H2,1-4H3;3-4,6-7H,1-2,5H2. The summed E-state index contributed by atoms with van der Waals surface area (Å²) in [5.74, 6) is 2.76. The summed E-state index contributed by atoms with van der Waals surface area (Å²) in [6.07, 6.45) is 16.5. The van der Waals surface area contributed by atoms with Crippen LogP contribution in [0.4, 0.5) is 11.4 Å². The van der Waals surface area contributed by atoms with Gasteiger partial charge in [0.1, 0.15) is 0 Å². The molecule has 0 amide bonds. The van der Waals surface area contributed by atoms with E-state index in [0.29, 0.717) is 11.8 Å². The summed E-state index contributed by atoms with van der Waals surface area (Å²) in [4.78, 5) is 9.48. The predicted octanol–water partition coefficient (Wildman–Crippen LogP) is 9.08. The van der Waals surface area contributed by atoms with Gasteiger partial charge in [0.05, 0.1) is 23.6 Å². The summed E-state index contributed by atoms with van der Waals surface area (Å²) in [6, 6.07) is 17.7. The highest BCUT2D eigenvalue weighted by atomic mass is 16.5. The molecule has 0 bridgehead atoms. The largest absolute Gasteiger partial charge is 0.475 e. The molecule has 1 saturated carbocycles. The minimum Gasteiger partial charge on any atom is -0.475 e. The Balaban J connectivity index is 0.000000494. The fourth-order valence-corrected chi connectivity index (χ4v) is 3.70. The number of hydrogen-bond acceptors (Lipinski definition) is 4. The van der Waals surface area contributed by atoms with E-state index < -0.39 is 0 Å². The van der Waals surface area contributed by atoms with Crippen LogP contribution in [0.15, 0.2) is 126 Å². The number of nitrogens with zero attached hydrogens (tertiary/aromatic N) is 2. The Morgan fingerprint density at radius 3 is 1.87 bits per heavy atom. The number of allylic oxidation sites excluding steroid dienone is 6. The van der Waals surface area contributed by atoms with E-state index in [1.54, 1.807) is 0 Å². The lowest BCUT2D eigenvalue weighted by atomic mass is 10.2. The molecule has 0 spiro atoms. The van der Waals surface area contributed by atoms with Crippen LogP contribution < -0.4 is 0 Å². The Hall–Kier alpha value is -3.92. The minimum absolute atomic E-state index is 0.0361. The summed E-state index contributed by atoms with van der Waals surface area (Å²) in [5.41, 5.74) is 3.55. The second-order valence-corrected chi connectivity index (χ2v) is 9.77. The molecule has 2 aliphatic carbocycles. The van der Waals surface area contributed by atoms with E-state index in [-0.39, 0.29) is 12.2 Å². The molecular weight excluding hydrogens is 468 g/mol. The first-order valence-corrected chi connectivity index (χ1v) is 13.3. The van der Waals surface area contributed by atoms with Gasteiger partial charge in [0.25, 0.3) is 0 Å². The van der Waals surface area contributed by atoms with Gasteiger partial charge >= 0.3 is 0 Å². The molecule has 0 aliphatic heterocycles. The second kappa shape index (κ2) is 14.7. The topological polar surface area (TPSA) is 43.2 Å². The smallest absolute Gasteiger partial charge is 0.221 e. The van der Waals surface area contributed by atoms with E-state index in [9.17, 15) is 0 Å². The molecule has 2 aromatic carbocycles. The number of rotatable bonds is 8. The normalized spacial score (nSPS) is 18.7. The van der Waals surface area contributed by atoms with E-state index >= 15 is 0 Å². The molecule has 0 N–H and O–H groups in total. The molecule has 38 heavy (non-hydrogen) atoms. The lowest BCUT2D eigenvalue weighted by Crippen LogP contribution is -2.13. The van der Waals surface area contributed by atoms with E-state index in [0.717, 1.165) is 40.8 Å².